The van der Waals surface area contributed by atoms with E-state index in [1.54, 1.807) is 11.5 Å². The number of anilines is 1. The van der Waals surface area contributed by atoms with Gasteiger partial charge in [0.05, 0.1) is 5.52 Å². The first-order valence-electron chi connectivity index (χ1n) is 7.16. The van der Waals surface area contributed by atoms with Gasteiger partial charge in [0.2, 0.25) is 0 Å². The molecular weight excluding hydrogens is 254 g/mol. The molecule has 2 aromatic rings. The van der Waals surface area contributed by atoms with Crippen LogP contribution in [-0.2, 0) is 0 Å². The van der Waals surface area contributed by atoms with Crippen molar-refractivity contribution in [3.8, 4) is 0 Å². The largest absolute Gasteiger partial charge is 0.359 e. The molecule has 1 aliphatic carbocycles. The van der Waals surface area contributed by atoms with Crippen LogP contribution in [0.4, 0.5) is 5.00 Å². The smallest absolute Gasteiger partial charge is 0.120 e. The van der Waals surface area contributed by atoms with Crippen LogP contribution in [0.3, 0.4) is 0 Å². The third kappa shape index (κ3) is 2.23. The van der Waals surface area contributed by atoms with Crippen molar-refractivity contribution in [1.82, 2.24) is 4.37 Å². The van der Waals surface area contributed by atoms with Gasteiger partial charge in [-0.3, -0.25) is 0 Å². The molecule has 0 aliphatic heterocycles. The molecule has 0 spiro atoms. The van der Waals surface area contributed by atoms with E-state index in [1.165, 1.54) is 29.6 Å². The van der Waals surface area contributed by atoms with Crippen molar-refractivity contribution in [2.75, 3.05) is 18.0 Å². The monoisotopic (exact) mass is 275 g/mol. The first-order valence-corrected chi connectivity index (χ1v) is 7.93. The Balaban J connectivity index is 1.98. The van der Waals surface area contributed by atoms with E-state index in [2.05, 4.69) is 40.5 Å². The summed E-state index contributed by atoms with van der Waals surface area (Å²) in [5.74, 6) is 0.640. The van der Waals surface area contributed by atoms with Crippen LogP contribution in [0.1, 0.15) is 26.2 Å². The second-order valence-electron chi connectivity index (χ2n) is 5.28. The SMILES string of the molecule is CCN(c1snc2ccccc12)C1CCCC1CN. The molecule has 4 heteroatoms. The lowest BCUT2D eigenvalue weighted by molar-refractivity contribution is 0.464. The summed E-state index contributed by atoms with van der Waals surface area (Å²) in [6.45, 7) is 4.08. The molecule has 1 saturated carbocycles. The molecule has 0 bridgehead atoms. The average molecular weight is 275 g/mol. The van der Waals surface area contributed by atoms with Gasteiger partial charge < -0.3 is 10.6 Å². The molecule has 3 rings (SSSR count). The third-order valence-corrected chi connectivity index (χ3v) is 5.20. The molecule has 1 aliphatic rings. The van der Waals surface area contributed by atoms with E-state index in [9.17, 15) is 0 Å². The summed E-state index contributed by atoms with van der Waals surface area (Å²) in [5.41, 5.74) is 7.06. The van der Waals surface area contributed by atoms with Crippen molar-refractivity contribution in [2.24, 2.45) is 11.7 Å². The lowest BCUT2D eigenvalue weighted by Crippen LogP contribution is -2.40. The van der Waals surface area contributed by atoms with Gasteiger partial charge >= 0.3 is 0 Å². The molecule has 1 aromatic heterocycles. The van der Waals surface area contributed by atoms with Crippen LogP contribution in [0.25, 0.3) is 10.9 Å². The molecule has 0 amide bonds. The summed E-state index contributed by atoms with van der Waals surface area (Å²) in [5, 5.41) is 2.61. The normalized spacial score (nSPS) is 23.1. The highest BCUT2D eigenvalue weighted by Gasteiger charge is 2.32. The number of hydrogen-bond donors (Lipinski definition) is 1. The first kappa shape index (κ1) is 12.9. The van der Waals surface area contributed by atoms with E-state index in [-0.39, 0.29) is 0 Å². The van der Waals surface area contributed by atoms with Gasteiger partial charge in [-0.15, -0.1) is 0 Å². The molecule has 0 saturated heterocycles. The lowest BCUT2D eigenvalue weighted by atomic mass is 10.0. The Hall–Kier alpha value is -1.13. The van der Waals surface area contributed by atoms with Crippen LogP contribution >= 0.6 is 11.5 Å². The Morgan fingerprint density at radius 3 is 3.00 bits per heavy atom. The van der Waals surface area contributed by atoms with Crippen LogP contribution in [-0.4, -0.2) is 23.5 Å². The highest BCUT2D eigenvalue weighted by molar-refractivity contribution is 7.11. The molecule has 1 aromatic carbocycles. The van der Waals surface area contributed by atoms with Gasteiger partial charge in [-0.2, -0.15) is 4.37 Å². The highest BCUT2D eigenvalue weighted by atomic mass is 32.1. The van der Waals surface area contributed by atoms with Gasteiger partial charge in [-0.1, -0.05) is 18.6 Å². The number of nitrogens with zero attached hydrogens (tertiary/aromatic N) is 2. The molecule has 2 unspecified atom stereocenters. The number of fused-ring (bicyclic) bond motifs is 1. The van der Waals surface area contributed by atoms with E-state index in [1.807, 2.05) is 0 Å². The fourth-order valence-corrected chi connectivity index (χ4v) is 4.30. The quantitative estimate of drug-likeness (QED) is 0.931. The van der Waals surface area contributed by atoms with Crippen molar-refractivity contribution >= 4 is 27.4 Å². The van der Waals surface area contributed by atoms with E-state index in [0.717, 1.165) is 18.6 Å². The Morgan fingerprint density at radius 1 is 1.37 bits per heavy atom. The van der Waals surface area contributed by atoms with Crippen LogP contribution in [0.2, 0.25) is 0 Å². The topological polar surface area (TPSA) is 42.2 Å². The zero-order valence-corrected chi connectivity index (χ0v) is 12.2. The Morgan fingerprint density at radius 2 is 2.21 bits per heavy atom. The van der Waals surface area contributed by atoms with Crippen molar-refractivity contribution in [3.63, 3.8) is 0 Å². The lowest BCUT2D eigenvalue weighted by Gasteiger charge is -2.32. The second-order valence-corrected chi connectivity index (χ2v) is 6.04. The molecule has 102 valence electrons. The molecule has 1 fully saturated rings. The minimum atomic E-state index is 0.596. The molecular formula is C15H21N3S. The molecule has 19 heavy (non-hydrogen) atoms. The standard InChI is InChI=1S/C15H21N3S/c1-2-18(14-9-5-6-11(14)10-16)15-12-7-3-4-8-13(12)17-19-15/h3-4,7-8,11,14H,2,5-6,9-10,16H2,1H3. The number of rotatable bonds is 4. The average Bonchev–Trinajstić information content (AvgIpc) is 3.07. The van der Waals surface area contributed by atoms with Gasteiger partial charge in [0, 0.05) is 18.0 Å². The van der Waals surface area contributed by atoms with Gasteiger partial charge in [-0.05, 0) is 55.9 Å². The van der Waals surface area contributed by atoms with Crippen LogP contribution in [0.5, 0.6) is 0 Å². The number of aromatic nitrogens is 1. The minimum absolute atomic E-state index is 0.596. The molecule has 0 radical (unpaired) electrons. The number of benzene rings is 1. The molecule has 1 heterocycles. The summed E-state index contributed by atoms with van der Waals surface area (Å²) >= 11 is 1.63. The van der Waals surface area contributed by atoms with E-state index >= 15 is 0 Å². The van der Waals surface area contributed by atoms with E-state index < -0.39 is 0 Å². The van der Waals surface area contributed by atoms with Crippen molar-refractivity contribution in [3.05, 3.63) is 24.3 Å². The van der Waals surface area contributed by atoms with Crippen LogP contribution < -0.4 is 10.6 Å². The molecule has 2 N–H and O–H groups in total. The summed E-state index contributed by atoms with van der Waals surface area (Å²) in [6.07, 6.45) is 3.84. The van der Waals surface area contributed by atoms with Gasteiger partial charge in [0.1, 0.15) is 5.00 Å². The summed E-state index contributed by atoms with van der Waals surface area (Å²) in [7, 11) is 0. The van der Waals surface area contributed by atoms with Crippen LogP contribution in [0, 0.1) is 5.92 Å². The first-order chi connectivity index (χ1) is 9.35. The third-order valence-electron chi connectivity index (χ3n) is 4.29. The van der Waals surface area contributed by atoms with Crippen molar-refractivity contribution in [1.29, 1.82) is 0 Å². The van der Waals surface area contributed by atoms with Crippen molar-refractivity contribution < 1.29 is 0 Å². The number of hydrogen-bond acceptors (Lipinski definition) is 4. The maximum atomic E-state index is 5.94. The van der Waals surface area contributed by atoms with Gasteiger partial charge in [0.15, 0.2) is 0 Å². The summed E-state index contributed by atoms with van der Waals surface area (Å²) < 4.78 is 4.58. The minimum Gasteiger partial charge on any atom is -0.359 e. The maximum absolute atomic E-state index is 5.94. The molecule has 3 nitrogen and oxygen atoms in total. The Bertz CT molecular complexity index is 551. The predicted molar refractivity (Wildman–Crippen MR) is 82.8 cm³/mol. The zero-order valence-electron chi connectivity index (χ0n) is 11.4. The van der Waals surface area contributed by atoms with Gasteiger partial charge in [0.25, 0.3) is 0 Å². The summed E-state index contributed by atoms with van der Waals surface area (Å²) in [4.78, 5) is 2.53. The Labute approximate surface area is 118 Å². The van der Waals surface area contributed by atoms with Crippen molar-refractivity contribution in [2.45, 2.75) is 32.2 Å². The van der Waals surface area contributed by atoms with E-state index in [4.69, 9.17) is 5.73 Å². The van der Waals surface area contributed by atoms with E-state index in [0.29, 0.717) is 12.0 Å². The maximum Gasteiger partial charge on any atom is 0.120 e. The van der Waals surface area contributed by atoms with Crippen LogP contribution in [0.15, 0.2) is 24.3 Å². The van der Waals surface area contributed by atoms with Gasteiger partial charge in [-0.25, -0.2) is 0 Å². The fourth-order valence-electron chi connectivity index (χ4n) is 3.31. The highest BCUT2D eigenvalue weighted by Crippen LogP contribution is 2.38. The molecule has 2 atom stereocenters. The number of nitrogens with two attached hydrogens (primary N) is 1. The Kier molecular flexibility index (Phi) is 3.71. The summed E-state index contributed by atoms with van der Waals surface area (Å²) in [6, 6.07) is 9.03. The predicted octanol–water partition coefficient (Wildman–Crippen LogP) is 3.25. The zero-order chi connectivity index (χ0) is 13.2. The second kappa shape index (κ2) is 5.47. The fraction of sp³-hybridized carbons (Fsp3) is 0.533.